The first-order valence-electron chi connectivity index (χ1n) is 11.0. The van der Waals surface area contributed by atoms with Crippen LogP contribution in [0, 0.1) is 5.92 Å². The van der Waals surface area contributed by atoms with Crippen LogP contribution in [0.25, 0.3) is 5.69 Å². The summed E-state index contributed by atoms with van der Waals surface area (Å²) in [6.07, 6.45) is 4.55. The number of thiazole rings is 1. The summed E-state index contributed by atoms with van der Waals surface area (Å²) in [6, 6.07) is 6.99. The number of aromatic nitrogens is 3. The van der Waals surface area contributed by atoms with Crippen molar-refractivity contribution in [2.75, 3.05) is 31.7 Å². The lowest BCUT2D eigenvalue weighted by molar-refractivity contribution is -0.119. The van der Waals surface area contributed by atoms with E-state index in [0.29, 0.717) is 44.0 Å². The van der Waals surface area contributed by atoms with E-state index in [-0.39, 0.29) is 23.4 Å². The Hall–Kier alpha value is -3.57. The number of hydrogen-bond acceptors (Lipinski definition) is 8. The van der Waals surface area contributed by atoms with Gasteiger partial charge in [0.25, 0.3) is 5.91 Å². The normalized spacial score (nSPS) is 15.1. The number of rotatable bonds is 9. The van der Waals surface area contributed by atoms with E-state index in [0.717, 1.165) is 17.1 Å². The average molecular weight is 484 g/mol. The third-order valence-corrected chi connectivity index (χ3v) is 6.11. The maximum absolute atomic E-state index is 12.5. The van der Waals surface area contributed by atoms with E-state index < -0.39 is 5.97 Å². The SMILES string of the molecule is CCOC(=O)c1csc(CCNC(=O)c2ccc(-n3cc(NC(=O)[C@H]4CCOC4)cn3)cc2)n1. The molecular weight excluding hydrogens is 458 g/mol. The van der Waals surface area contributed by atoms with Gasteiger partial charge in [-0.1, -0.05) is 0 Å². The monoisotopic (exact) mass is 483 g/mol. The lowest BCUT2D eigenvalue weighted by Crippen LogP contribution is -2.25. The second-order valence-corrected chi connectivity index (χ2v) is 8.57. The number of carbonyl (C=O) groups excluding carboxylic acids is 3. The molecule has 0 saturated carbocycles. The van der Waals surface area contributed by atoms with Crippen molar-refractivity contribution in [2.45, 2.75) is 19.8 Å². The summed E-state index contributed by atoms with van der Waals surface area (Å²) in [5.74, 6) is -0.847. The number of amides is 2. The summed E-state index contributed by atoms with van der Waals surface area (Å²) in [5, 5.41) is 12.4. The molecule has 1 aromatic carbocycles. The summed E-state index contributed by atoms with van der Waals surface area (Å²) in [5.41, 5.74) is 2.16. The fourth-order valence-corrected chi connectivity index (χ4v) is 4.16. The molecule has 11 heteroatoms. The van der Waals surface area contributed by atoms with Gasteiger partial charge in [0.15, 0.2) is 5.69 Å². The average Bonchev–Trinajstić information content (AvgIpc) is 3.61. The minimum Gasteiger partial charge on any atom is -0.461 e. The number of benzene rings is 1. The lowest BCUT2D eigenvalue weighted by Gasteiger charge is -2.07. The predicted octanol–water partition coefficient (Wildman–Crippen LogP) is 2.45. The van der Waals surface area contributed by atoms with Crippen LogP contribution in [0.2, 0.25) is 0 Å². The lowest BCUT2D eigenvalue weighted by atomic mass is 10.1. The molecule has 1 aliphatic rings. The third kappa shape index (κ3) is 5.86. The minimum atomic E-state index is -0.441. The molecule has 0 spiro atoms. The highest BCUT2D eigenvalue weighted by atomic mass is 32.1. The van der Waals surface area contributed by atoms with Crippen LogP contribution in [-0.2, 0) is 20.7 Å². The molecule has 0 radical (unpaired) electrons. The van der Waals surface area contributed by atoms with Crippen molar-refractivity contribution in [3.05, 3.63) is 58.3 Å². The standard InChI is InChI=1S/C23H25N5O5S/c1-2-33-23(31)19-14-34-20(27-19)7-9-24-21(29)15-3-5-18(6-4-15)28-12-17(11-25-28)26-22(30)16-8-10-32-13-16/h3-6,11-12,14,16H,2,7-10,13H2,1H3,(H,24,29)(H,26,30)/t16-/m0/s1. The van der Waals surface area contributed by atoms with E-state index >= 15 is 0 Å². The Kier molecular flexibility index (Phi) is 7.65. The summed E-state index contributed by atoms with van der Waals surface area (Å²) in [4.78, 5) is 40.6. The van der Waals surface area contributed by atoms with Crippen LogP contribution in [0.3, 0.4) is 0 Å². The smallest absolute Gasteiger partial charge is 0.357 e. The fraction of sp³-hybridized carbons (Fsp3) is 0.348. The van der Waals surface area contributed by atoms with Gasteiger partial charge in [0.2, 0.25) is 5.91 Å². The van der Waals surface area contributed by atoms with Crippen molar-refractivity contribution >= 4 is 34.8 Å². The summed E-state index contributed by atoms with van der Waals surface area (Å²) in [7, 11) is 0. The molecule has 0 bridgehead atoms. The molecule has 2 amide bonds. The van der Waals surface area contributed by atoms with Crippen molar-refractivity contribution in [3.8, 4) is 5.69 Å². The predicted molar refractivity (Wildman–Crippen MR) is 125 cm³/mol. The summed E-state index contributed by atoms with van der Waals surface area (Å²) < 4.78 is 11.8. The Bertz CT molecular complexity index is 1150. The number of esters is 1. The van der Waals surface area contributed by atoms with E-state index in [2.05, 4.69) is 20.7 Å². The Labute approximate surface area is 200 Å². The van der Waals surface area contributed by atoms with Gasteiger partial charge in [0.05, 0.1) is 47.9 Å². The van der Waals surface area contributed by atoms with Crippen LogP contribution >= 0.6 is 11.3 Å². The molecule has 4 rings (SSSR count). The molecule has 2 N–H and O–H groups in total. The molecule has 3 heterocycles. The first kappa shape index (κ1) is 23.6. The van der Waals surface area contributed by atoms with Gasteiger partial charge in [-0.05, 0) is 37.6 Å². The van der Waals surface area contributed by atoms with Crippen LogP contribution in [-0.4, -0.2) is 58.9 Å². The highest BCUT2D eigenvalue weighted by molar-refractivity contribution is 7.09. The largest absolute Gasteiger partial charge is 0.461 e. The molecule has 1 saturated heterocycles. The topological polar surface area (TPSA) is 124 Å². The molecule has 3 aromatic rings. The van der Waals surface area contributed by atoms with Crippen molar-refractivity contribution in [3.63, 3.8) is 0 Å². The van der Waals surface area contributed by atoms with E-state index in [9.17, 15) is 14.4 Å². The van der Waals surface area contributed by atoms with Crippen LogP contribution < -0.4 is 10.6 Å². The van der Waals surface area contributed by atoms with E-state index in [1.807, 2.05) is 0 Å². The number of hydrogen-bond donors (Lipinski definition) is 2. The number of nitrogens with zero attached hydrogens (tertiary/aromatic N) is 3. The molecule has 34 heavy (non-hydrogen) atoms. The highest BCUT2D eigenvalue weighted by Gasteiger charge is 2.23. The Balaban J connectivity index is 1.27. The van der Waals surface area contributed by atoms with E-state index in [4.69, 9.17) is 9.47 Å². The van der Waals surface area contributed by atoms with Crippen LogP contribution in [0.5, 0.6) is 0 Å². The number of nitrogens with one attached hydrogen (secondary N) is 2. The molecule has 1 aliphatic heterocycles. The zero-order valence-electron chi connectivity index (χ0n) is 18.7. The molecule has 0 unspecified atom stereocenters. The second-order valence-electron chi connectivity index (χ2n) is 7.62. The van der Waals surface area contributed by atoms with Crippen molar-refractivity contribution < 1.29 is 23.9 Å². The Morgan fingerprint density at radius 1 is 1.26 bits per heavy atom. The van der Waals surface area contributed by atoms with Crippen LogP contribution in [0.4, 0.5) is 5.69 Å². The maximum Gasteiger partial charge on any atom is 0.357 e. The van der Waals surface area contributed by atoms with E-state index in [1.54, 1.807) is 53.6 Å². The van der Waals surface area contributed by atoms with Crippen LogP contribution in [0.1, 0.15) is 39.2 Å². The zero-order valence-corrected chi connectivity index (χ0v) is 19.5. The molecule has 1 atom stereocenters. The van der Waals surface area contributed by atoms with Gasteiger partial charge in [0.1, 0.15) is 0 Å². The van der Waals surface area contributed by atoms with Gasteiger partial charge in [-0.25, -0.2) is 14.5 Å². The molecular formula is C23H25N5O5S. The molecule has 0 aliphatic carbocycles. The Morgan fingerprint density at radius 2 is 2.09 bits per heavy atom. The van der Waals surface area contributed by atoms with E-state index in [1.165, 1.54) is 11.3 Å². The maximum atomic E-state index is 12.5. The van der Waals surface area contributed by atoms with Crippen LogP contribution in [0.15, 0.2) is 42.0 Å². The van der Waals surface area contributed by atoms with Crippen molar-refractivity contribution in [1.82, 2.24) is 20.1 Å². The molecule has 1 fully saturated rings. The fourth-order valence-electron chi connectivity index (χ4n) is 3.39. The number of anilines is 1. The van der Waals surface area contributed by atoms with Gasteiger partial charge < -0.3 is 20.1 Å². The summed E-state index contributed by atoms with van der Waals surface area (Å²) in [6.45, 7) is 3.49. The highest BCUT2D eigenvalue weighted by Crippen LogP contribution is 2.17. The zero-order chi connectivity index (χ0) is 23.9. The molecule has 178 valence electrons. The van der Waals surface area contributed by atoms with Gasteiger partial charge in [0, 0.05) is 30.5 Å². The molecule has 2 aromatic heterocycles. The van der Waals surface area contributed by atoms with Crippen molar-refractivity contribution in [1.29, 1.82) is 0 Å². The first-order chi connectivity index (χ1) is 16.5. The Morgan fingerprint density at radius 3 is 2.82 bits per heavy atom. The van der Waals surface area contributed by atoms with Crippen molar-refractivity contribution in [2.24, 2.45) is 5.92 Å². The van der Waals surface area contributed by atoms with Gasteiger partial charge in [-0.2, -0.15) is 5.10 Å². The third-order valence-electron chi connectivity index (χ3n) is 5.21. The number of carbonyl (C=O) groups is 3. The van der Waals surface area contributed by atoms with Gasteiger partial charge in [-0.15, -0.1) is 11.3 Å². The summed E-state index contributed by atoms with van der Waals surface area (Å²) >= 11 is 1.36. The van der Waals surface area contributed by atoms with Gasteiger partial charge >= 0.3 is 5.97 Å². The van der Waals surface area contributed by atoms with Gasteiger partial charge in [-0.3, -0.25) is 9.59 Å². The number of ether oxygens (including phenoxy) is 2. The quantitative estimate of drug-likeness (QED) is 0.448. The molecule has 10 nitrogen and oxygen atoms in total. The minimum absolute atomic E-state index is 0.0704. The second kappa shape index (κ2) is 11.0. The first-order valence-corrected chi connectivity index (χ1v) is 11.8.